The topological polar surface area (TPSA) is 46.6 Å². The first-order valence-corrected chi connectivity index (χ1v) is 12.1. The molecular formula is C28H33NO3. The molecule has 0 heterocycles. The minimum absolute atomic E-state index is 0.108. The van der Waals surface area contributed by atoms with Crippen molar-refractivity contribution >= 4 is 11.9 Å². The van der Waals surface area contributed by atoms with Gasteiger partial charge in [-0.2, -0.15) is 0 Å². The fourth-order valence-corrected chi connectivity index (χ4v) is 6.74. The number of ether oxygens (including phenoxy) is 1. The smallest absolute Gasteiger partial charge is 0.312 e. The van der Waals surface area contributed by atoms with Crippen molar-refractivity contribution in [1.82, 2.24) is 4.90 Å². The van der Waals surface area contributed by atoms with Gasteiger partial charge in [0, 0.05) is 13.1 Å². The summed E-state index contributed by atoms with van der Waals surface area (Å²) in [6.45, 7) is 0.982. The second kappa shape index (κ2) is 9.09. The van der Waals surface area contributed by atoms with Gasteiger partial charge >= 0.3 is 5.97 Å². The van der Waals surface area contributed by atoms with Gasteiger partial charge in [0.25, 0.3) is 5.91 Å². The molecule has 4 aliphatic carbocycles. The van der Waals surface area contributed by atoms with Gasteiger partial charge in [-0.1, -0.05) is 60.7 Å². The first kappa shape index (κ1) is 21.2. The molecule has 4 heteroatoms. The summed E-state index contributed by atoms with van der Waals surface area (Å²) < 4.78 is 5.73. The quantitative estimate of drug-likeness (QED) is 0.552. The van der Waals surface area contributed by atoms with Crippen molar-refractivity contribution in [1.29, 1.82) is 0 Å². The normalized spacial score (nSPS) is 27.8. The standard InChI is InChI=1S/C28H33NO3/c30-26(20-32-27(31)28-16-23-13-24(17-28)15-25(14-23)18-28)29(19-22-9-5-2-6-10-22)12-11-21-7-3-1-4-8-21/h1-10,23-25H,11-20H2. The van der Waals surface area contributed by atoms with Crippen molar-refractivity contribution in [3.8, 4) is 0 Å². The molecule has 4 bridgehead atoms. The second-order valence-electron chi connectivity index (χ2n) is 10.3. The zero-order valence-electron chi connectivity index (χ0n) is 18.7. The molecule has 0 spiro atoms. The fraction of sp³-hybridized carbons (Fsp3) is 0.500. The van der Waals surface area contributed by atoms with Crippen LogP contribution in [-0.4, -0.2) is 29.9 Å². The van der Waals surface area contributed by atoms with Crippen molar-refractivity contribution in [2.75, 3.05) is 13.2 Å². The number of rotatable bonds is 8. The molecule has 4 aliphatic rings. The Balaban J connectivity index is 1.22. The molecule has 0 atom stereocenters. The van der Waals surface area contributed by atoms with E-state index in [9.17, 15) is 9.59 Å². The van der Waals surface area contributed by atoms with Crippen LogP contribution in [0.1, 0.15) is 49.7 Å². The third-order valence-electron chi connectivity index (χ3n) is 7.88. The number of hydrogen-bond donors (Lipinski definition) is 0. The van der Waals surface area contributed by atoms with Crippen LogP contribution in [-0.2, 0) is 27.3 Å². The van der Waals surface area contributed by atoms with Crippen LogP contribution in [0, 0.1) is 23.2 Å². The summed E-state index contributed by atoms with van der Waals surface area (Å²) in [5.41, 5.74) is 1.97. The Morgan fingerprint density at radius 2 is 1.34 bits per heavy atom. The predicted molar refractivity (Wildman–Crippen MR) is 124 cm³/mol. The molecule has 6 rings (SSSR count). The summed E-state index contributed by atoms with van der Waals surface area (Å²) >= 11 is 0. The molecule has 0 saturated heterocycles. The number of benzene rings is 2. The van der Waals surface area contributed by atoms with Crippen molar-refractivity contribution in [3.63, 3.8) is 0 Å². The van der Waals surface area contributed by atoms with Gasteiger partial charge in [0.1, 0.15) is 0 Å². The maximum absolute atomic E-state index is 13.2. The second-order valence-corrected chi connectivity index (χ2v) is 10.3. The molecule has 168 valence electrons. The minimum Gasteiger partial charge on any atom is -0.455 e. The van der Waals surface area contributed by atoms with Gasteiger partial charge in [-0.3, -0.25) is 9.59 Å². The lowest BCUT2D eigenvalue weighted by molar-refractivity contribution is -0.174. The van der Waals surface area contributed by atoms with Gasteiger partial charge in [-0.25, -0.2) is 0 Å². The van der Waals surface area contributed by atoms with Crippen LogP contribution in [0.4, 0.5) is 0 Å². The van der Waals surface area contributed by atoms with E-state index in [1.54, 1.807) is 0 Å². The van der Waals surface area contributed by atoms with E-state index in [0.717, 1.165) is 31.2 Å². The Morgan fingerprint density at radius 1 is 0.812 bits per heavy atom. The summed E-state index contributed by atoms with van der Waals surface area (Å²) in [5.74, 6) is 1.83. The molecule has 2 aromatic rings. The largest absolute Gasteiger partial charge is 0.455 e. The summed E-state index contributed by atoms with van der Waals surface area (Å²) in [6.07, 6.45) is 7.54. The van der Waals surface area contributed by atoms with E-state index < -0.39 is 0 Å². The van der Waals surface area contributed by atoms with Gasteiger partial charge in [-0.15, -0.1) is 0 Å². The van der Waals surface area contributed by atoms with Gasteiger partial charge in [-0.05, 0) is 73.8 Å². The number of carbonyl (C=O) groups is 2. The highest BCUT2D eigenvalue weighted by Gasteiger charge is 2.55. The molecular weight excluding hydrogens is 398 g/mol. The zero-order chi connectivity index (χ0) is 22.0. The summed E-state index contributed by atoms with van der Waals surface area (Å²) in [6, 6.07) is 20.2. The number of esters is 1. The zero-order valence-corrected chi connectivity index (χ0v) is 18.7. The maximum Gasteiger partial charge on any atom is 0.312 e. The van der Waals surface area contributed by atoms with Crippen LogP contribution in [0.2, 0.25) is 0 Å². The molecule has 0 aromatic heterocycles. The third kappa shape index (κ3) is 4.60. The highest BCUT2D eigenvalue weighted by molar-refractivity contribution is 5.83. The molecule has 0 aliphatic heterocycles. The number of amides is 1. The van der Waals surface area contributed by atoms with E-state index in [1.807, 2.05) is 53.4 Å². The lowest BCUT2D eigenvalue weighted by atomic mass is 9.49. The molecule has 0 unspecified atom stereocenters. The Bertz CT molecular complexity index is 904. The van der Waals surface area contributed by atoms with E-state index in [1.165, 1.54) is 24.8 Å². The van der Waals surface area contributed by atoms with Crippen LogP contribution in [0.15, 0.2) is 60.7 Å². The Kier molecular flexibility index (Phi) is 6.03. The van der Waals surface area contributed by atoms with Gasteiger partial charge < -0.3 is 9.64 Å². The van der Waals surface area contributed by atoms with Crippen molar-refractivity contribution < 1.29 is 14.3 Å². The molecule has 2 aromatic carbocycles. The molecule has 4 nitrogen and oxygen atoms in total. The SMILES string of the molecule is O=C(COC(=O)C12CC3CC(CC(C3)C1)C2)N(CCc1ccccc1)Cc1ccccc1. The summed E-state index contributed by atoms with van der Waals surface area (Å²) in [4.78, 5) is 28.1. The number of carbonyl (C=O) groups excluding carboxylic acids is 2. The fourth-order valence-electron chi connectivity index (χ4n) is 6.74. The van der Waals surface area contributed by atoms with Crippen LogP contribution in [0.5, 0.6) is 0 Å². The molecule has 4 saturated carbocycles. The lowest BCUT2D eigenvalue weighted by Gasteiger charge is -2.55. The van der Waals surface area contributed by atoms with Gasteiger partial charge in [0.05, 0.1) is 5.41 Å². The Morgan fingerprint density at radius 3 is 1.91 bits per heavy atom. The number of hydrogen-bond acceptors (Lipinski definition) is 3. The van der Waals surface area contributed by atoms with Crippen molar-refractivity contribution in [2.45, 2.75) is 51.5 Å². The first-order chi connectivity index (χ1) is 15.6. The Labute approximate surface area is 191 Å². The van der Waals surface area contributed by atoms with Crippen LogP contribution in [0.25, 0.3) is 0 Å². The average Bonchev–Trinajstić information content (AvgIpc) is 2.80. The van der Waals surface area contributed by atoms with E-state index in [2.05, 4.69) is 12.1 Å². The molecule has 4 fully saturated rings. The summed E-state index contributed by atoms with van der Waals surface area (Å²) in [5, 5.41) is 0. The van der Waals surface area contributed by atoms with E-state index in [-0.39, 0.29) is 23.9 Å². The first-order valence-electron chi connectivity index (χ1n) is 12.1. The third-order valence-corrected chi connectivity index (χ3v) is 7.88. The monoisotopic (exact) mass is 431 g/mol. The van der Waals surface area contributed by atoms with E-state index in [0.29, 0.717) is 30.8 Å². The maximum atomic E-state index is 13.2. The van der Waals surface area contributed by atoms with Crippen LogP contribution < -0.4 is 0 Å². The highest BCUT2D eigenvalue weighted by atomic mass is 16.5. The highest BCUT2D eigenvalue weighted by Crippen LogP contribution is 2.60. The summed E-state index contributed by atoms with van der Waals surface area (Å²) in [7, 11) is 0. The molecule has 0 N–H and O–H groups in total. The van der Waals surface area contributed by atoms with Crippen molar-refractivity contribution in [2.24, 2.45) is 23.2 Å². The molecule has 0 radical (unpaired) electrons. The number of nitrogens with zero attached hydrogens (tertiary/aromatic N) is 1. The minimum atomic E-state index is -0.316. The molecule has 32 heavy (non-hydrogen) atoms. The van der Waals surface area contributed by atoms with E-state index >= 15 is 0 Å². The van der Waals surface area contributed by atoms with Crippen molar-refractivity contribution in [3.05, 3.63) is 71.8 Å². The van der Waals surface area contributed by atoms with E-state index in [4.69, 9.17) is 4.74 Å². The predicted octanol–water partition coefficient (Wildman–Crippen LogP) is 5.02. The molecule has 1 amide bonds. The van der Waals surface area contributed by atoms with Gasteiger partial charge in [0.2, 0.25) is 0 Å². The Hall–Kier alpha value is -2.62. The average molecular weight is 432 g/mol. The van der Waals surface area contributed by atoms with Gasteiger partial charge in [0.15, 0.2) is 6.61 Å². The lowest BCUT2D eigenvalue weighted by Crippen LogP contribution is -2.51. The van der Waals surface area contributed by atoms with Crippen LogP contribution >= 0.6 is 0 Å². The van der Waals surface area contributed by atoms with Crippen LogP contribution in [0.3, 0.4) is 0 Å².